The third-order valence-corrected chi connectivity index (χ3v) is 5.83. The zero-order valence-corrected chi connectivity index (χ0v) is 17.3. The normalized spacial score (nSPS) is 13.3. The summed E-state index contributed by atoms with van der Waals surface area (Å²) in [6.45, 7) is 9.65. The average Bonchev–Trinajstić information content (AvgIpc) is 2.52. The smallest absolute Gasteiger partial charge is 0.316 e. The summed E-state index contributed by atoms with van der Waals surface area (Å²) >= 11 is 0. The first-order valence-electron chi connectivity index (χ1n) is 9.05. The summed E-state index contributed by atoms with van der Waals surface area (Å²) in [5, 5.41) is 0. The SMILES string of the molecule is CCCC(C)CCOC(=O)CSSCC(=O)OCCC(C)CCC. The second-order valence-corrected chi connectivity index (χ2v) is 8.79. The van der Waals surface area contributed by atoms with Crippen molar-refractivity contribution in [2.75, 3.05) is 24.7 Å². The summed E-state index contributed by atoms with van der Waals surface area (Å²) in [6.07, 6.45) is 6.49. The molecule has 0 aliphatic rings. The Morgan fingerprint density at radius 2 is 1.12 bits per heavy atom. The molecule has 24 heavy (non-hydrogen) atoms. The van der Waals surface area contributed by atoms with E-state index in [0.29, 0.717) is 25.0 Å². The second kappa shape index (κ2) is 16.1. The summed E-state index contributed by atoms with van der Waals surface area (Å²) in [5.74, 6) is 1.32. The van der Waals surface area contributed by atoms with Gasteiger partial charge in [0.2, 0.25) is 0 Å². The predicted molar refractivity (Wildman–Crippen MR) is 104 cm³/mol. The molecule has 0 radical (unpaired) electrons. The standard InChI is InChI=1S/C18H34O4S2/c1-5-7-15(3)9-11-21-17(19)13-23-24-14-18(20)22-12-10-16(4)8-6-2/h15-16H,5-14H2,1-4H3. The van der Waals surface area contributed by atoms with Crippen LogP contribution in [0.2, 0.25) is 0 Å². The number of esters is 2. The minimum atomic E-state index is -0.210. The highest BCUT2D eigenvalue weighted by Gasteiger charge is 2.09. The number of hydrogen-bond donors (Lipinski definition) is 0. The lowest BCUT2D eigenvalue weighted by Gasteiger charge is -2.10. The Morgan fingerprint density at radius 1 is 0.750 bits per heavy atom. The van der Waals surface area contributed by atoms with Crippen LogP contribution in [0.5, 0.6) is 0 Å². The van der Waals surface area contributed by atoms with Crippen LogP contribution in [0.3, 0.4) is 0 Å². The van der Waals surface area contributed by atoms with Crippen LogP contribution in [0.4, 0.5) is 0 Å². The zero-order chi connectivity index (χ0) is 18.2. The first-order chi connectivity index (χ1) is 11.5. The van der Waals surface area contributed by atoms with Crippen molar-refractivity contribution in [3.05, 3.63) is 0 Å². The number of hydrogen-bond acceptors (Lipinski definition) is 6. The van der Waals surface area contributed by atoms with Crippen LogP contribution < -0.4 is 0 Å². The summed E-state index contributed by atoms with van der Waals surface area (Å²) in [6, 6.07) is 0. The van der Waals surface area contributed by atoms with Gasteiger partial charge < -0.3 is 9.47 Å². The summed E-state index contributed by atoms with van der Waals surface area (Å²) < 4.78 is 10.4. The maximum Gasteiger partial charge on any atom is 0.316 e. The van der Waals surface area contributed by atoms with Crippen LogP contribution in [0.25, 0.3) is 0 Å². The molecule has 142 valence electrons. The highest BCUT2D eigenvalue weighted by atomic mass is 33.1. The Morgan fingerprint density at radius 3 is 1.46 bits per heavy atom. The number of carbonyl (C=O) groups excluding carboxylic acids is 2. The molecule has 0 heterocycles. The van der Waals surface area contributed by atoms with Gasteiger partial charge in [0.25, 0.3) is 0 Å². The molecule has 0 amide bonds. The maximum atomic E-state index is 11.6. The fourth-order valence-corrected chi connectivity index (χ4v) is 3.89. The van der Waals surface area contributed by atoms with E-state index in [0.717, 1.165) is 25.7 Å². The molecule has 0 rings (SSSR count). The first-order valence-corrected chi connectivity index (χ1v) is 11.5. The van der Waals surface area contributed by atoms with E-state index in [2.05, 4.69) is 27.7 Å². The van der Waals surface area contributed by atoms with E-state index in [-0.39, 0.29) is 23.4 Å². The molecule has 0 fully saturated rings. The number of ether oxygens (including phenoxy) is 2. The Bertz CT molecular complexity index is 305. The van der Waals surface area contributed by atoms with Crippen LogP contribution >= 0.6 is 21.6 Å². The molecule has 0 saturated carbocycles. The number of rotatable bonds is 15. The van der Waals surface area contributed by atoms with E-state index in [9.17, 15) is 9.59 Å². The van der Waals surface area contributed by atoms with E-state index >= 15 is 0 Å². The van der Waals surface area contributed by atoms with Crippen LogP contribution in [-0.2, 0) is 19.1 Å². The molecule has 0 aromatic carbocycles. The Kier molecular flexibility index (Phi) is 15.9. The second-order valence-electron chi connectivity index (χ2n) is 6.33. The van der Waals surface area contributed by atoms with Crippen LogP contribution in [-0.4, -0.2) is 36.7 Å². The fourth-order valence-electron chi connectivity index (χ4n) is 2.29. The van der Waals surface area contributed by atoms with Gasteiger partial charge in [-0.25, -0.2) is 0 Å². The Balaban J connectivity index is 3.50. The van der Waals surface area contributed by atoms with E-state index in [1.54, 1.807) is 0 Å². The lowest BCUT2D eigenvalue weighted by Crippen LogP contribution is -2.11. The van der Waals surface area contributed by atoms with Crippen LogP contribution in [0.1, 0.15) is 66.2 Å². The molecule has 6 heteroatoms. The van der Waals surface area contributed by atoms with Gasteiger partial charge in [-0.3, -0.25) is 9.59 Å². The molecule has 0 aromatic rings. The van der Waals surface area contributed by atoms with Crippen molar-refractivity contribution in [1.82, 2.24) is 0 Å². The molecular weight excluding hydrogens is 344 g/mol. The van der Waals surface area contributed by atoms with Crippen molar-refractivity contribution >= 4 is 33.5 Å². The highest BCUT2D eigenvalue weighted by Crippen LogP contribution is 2.21. The maximum absolute atomic E-state index is 11.6. The van der Waals surface area contributed by atoms with Gasteiger partial charge in [0, 0.05) is 0 Å². The minimum Gasteiger partial charge on any atom is -0.465 e. The molecule has 2 unspecified atom stereocenters. The van der Waals surface area contributed by atoms with E-state index in [1.807, 2.05) is 0 Å². The van der Waals surface area contributed by atoms with Gasteiger partial charge in [0.05, 0.1) is 13.2 Å². The van der Waals surface area contributed by atoms with E-state index in [1.165, 1.54) is 34.4 Å². The molecule has 0 saturated heterocycles. The van der Waals surface area contributed by atoms with Crippen molar-refractivity contribution < 1.29 is 19.1 Å². The molecule has 0 aliphatic heterocycles. The van der Waals surface area contributed by atoms with Gasteiger partial charge in [-0.2, -0.15) is 0 Å². The molecule has 4 nitrogen and oxygen atoms in total. The molecule has 0 spiro atoms. The third kappa shape index (κ3) is 15.2. The molecule has 0 aromatic heterocycles. The molecule has 2 atom stereocenters. The van der Waals surface area contributed by atoms with E-state index in [4.69, 9.17) is 9.47 Å². The molecule has 0 N–H and O–H groups in total. The monoisotopic (exact) mass is 378 g/mol. The van der Waals surface area contributed by atoms with Gasteiger partial charge in [-0.1, -0.05) is 75.0 Å². The summed E-state index contributed by atoms with van der Waals surface area (Å²) in [5.41, 5.74) is 0. The van der Waals surface area contributed by atoms with Crippen molar-refractivity contribution in [2.45, 2.75) is 66.2 Å². The Hall–Kier alpha value is -0.360. The fraction of sp³-hybridized carbons (Fsp3) is 0.889. The van der Waals surface area contributed by atoms with Gasteiger partial charge >= 0.3 is 11.9 Å². The number of carbonyl (C=O) groups is 2. The van der Waals surface area contributed by atoms with E-state index < -0.39 is 0 Å². The third-order valence-electron chi connectivity index (χ3n) is 3.75. The lowest BCUT2D eigenvalue weighted by atomic mass is 10.0. The largest absolute Gasteiger partial charge is 0.465 e. The minimum absolute atomic E-state index is 0.210. The molecule has 0 aliphatic carbocycles. The summed E-state index contributed by atoms with van der Waals surface area (Å²) in [4.78, 5) is 23.1. The lowest BCUT2D eigenvalue weighted by molar-refractivity contribution is -0.141. The van der Waals surface area contributed by atoms with Gasteiger partial charge in [0.1, 0.15) is 11.5 Å². The average molecular weight is 379 g/mol. The highest BCUT2D eigenvalue weighted by molar-refractivity contribution is 8.77. The quantitative estimate of drug-likeness (QED) is 0.224. The van der Waals surface area contributed by atoms with Crippen LogP contribution in [0, 0.1) is 11.8 Å². The van der Waals surface area contributed by atoms with Crippen molar-refractivity contribution in [3.8, 4) is 0 Å². The van der Waals surface area contributed by atoms with Gasteiger partial charge in [-0.05, 0) is 24.7 Å². The first kappa shape index (κ1) is 23.6. The predicted octanol–water partition coefficient (Wildman–Crippen LogP) is 5.11. The van der Waals surface area contributed by atoms with Crippen molar-refractivity contribution in [1.29, 1.82) is 0 Å². The van der Waals surface area contributed by atoms with Crippen molar-refractivity contribution in [3.63, 3.8) is 0 Å². The van der Waals surface area contributed by atoms with Gasteiger partial charge in [-0.15, -0.1) is 0 Å². The van der Waals surface area contributed by atoms with Crippen LogP contribution in [0.15, 0.2) is 0 Å². The van der Waals surface area contributed by atoms with Gasteiger partial charge in [0.15, 0.2) is 0 Å². The molecular formula is C18H34O4S2. The molecule has 0 bridgehead atoms. The zero-order valence-electron chi connectivity index (χ0n) is 15.7. The summed E-state index contributed by atoms with van der Waals surface area (Å²) in [7, 11) is 2.70. The topological polar surface area (TPSA) is 52.6 Å². The Labute approximate surface area is 155 Å². The van der Waals surface area contributed by atoms with Crippen molar-refractivity contribution in [2.24, 2.45) is 11.8 Å².